The molecule has 1 N–H and O–H groups in total. The van der Waals surface area contributed by atoms with E-state index < -0.39 is 0 Å². The van der Waals surface area contributed by atoms with Gasteiger partial charge in [0.15, 0.2) is 0 Å². The second kappa shape index (κ2) is 7.80. The predicted octanol–water partition coefficient (Wildman–Crippen LogP) is 2.13. The number of hydrogen-bond donors (Lipinski definition) is 1. The first-order valence-electron chi connectivity index (χ1n) is 6.32. The maximum absolute atomic E-state index is 13.6. The third kappa shape index (κ3) is 4.44. The molecule has 0 spiro atoms. The Morgan fingerprint density at radius 2 is 2.06 bits per heavy atom. The van der Waals surface area contributed by atoms with Crippen LogP contribution in [0.25, 0.3) is 0 Å². The fourth-order valence-corrected chi connectivity index (χ4v) is 1.76. The molecule has 0 amide bonds. The van der Waals surface area contributed by atoms with Crippen molar-refractivity contribution >= 4 is 0 Å². The Kier molecular flexibility index (Phi) is 6.34. The first-order chi connectivity index (χ1) is 8.71. The predicted molar refractivity (Wildman–Crippen MR) is 70.6 cm³/mol. The van der Waals surface area contributed by atoms with Gasteiger partial charge in [0.25, 0.3) is 0 Å². The molecule has 1 aromatic carbocycles. The maximum atomic E-state index is 13.6. The van der Waals surface area contributed by atoms with Crippen LogP contribution in [0.4, 0.5) is 4.39 Å². The molecule has 0 radical (unpaired) electrons. The van der Waals surface area contributed by atoms with Crippen molar-refractivity contribution in [3.05, 3.63) is 35.1 Å². The van der Waals surface area contributed by atoms with Crippen LogP contribution in [0.5, 0.6) is 0 Å². The fraction of sp³-hybridized carbons (Fsp3) is 0.500. The largest absolute Gasteiger partial charge is 0.311 e. The number of rotatable bonds is 7. The average Bonchev–Trinajstić information content (AvgIpc) is 2.40. The van der Waals surface area contributed by atoms with E-state index in [0.717, 1.165) is 26.2 Å². The highest BCUT2D eigenvalue weighted by molar-refractivity contribution is 5.32. The van der Waals surface area contributed by atoms with Crippen molar-refractivity contribution in [1.29, 1.82) is 5.26 Å². The first kappa shape index (κ1) is 14.6. The van der Waals surface area contributed by atoms with E-state index in [1.807, 2.05) is 6.07 Å². The van der Waals surface area contributed by atoms with Crippen molar-refractivity contribution < 1.29 is 4.39 Å². The Morgan fingerprint density at radius 1 is 1.33 bits per heavy atom. The van der Waals surface area contributed by atoms with Crippen molar-refractivity contribution in [1.82, 2.24) is 10.2 Å². The van der Waals surface area contributed by atoms with Crippen LogP contribution in [0.2, 0.25) is 0 Å². The monoisotopic (exact) mass is 249 g/mol. The van der Waals surface area contributed by atoms with Crippen LogP contribution in [-0.2, 0) is 6.54 Å². The van der Waals surface area contributed by atoms with Crippen LogP contribution in [0, 0.1) is 17.1 Å². The van der Waals surface area contributed by atoms with Gasteiger partial charge in [0.1, 0.15) is 5.82 Å². The zero-order valence-corrected chi connectivity index (χ0v) is 11.0. The quantitative estimate of drug-likeness (QED) is 0.752. The van der Waals surface area contributed by atoms with Gasteiger partial charge in [-0.15, -0.1) is 0 Å². The third-order valence-electron chi connectivity index (χ3n) is 3.00. The molecule has 1 rings (SSSR count). The average molecular weight is 249 g/mol. The SMILES string of the molecule is CCN(CC)CCNCc1ccc(C#N)cc1F. The Labute approximate surface area is 108 Å². The lowest BCUT2D eigenvalue weighted by molar-refractivity contribution is 0.302. The zero-order valence-electron chi connectivity index (χ0n) is 11.0. The molecule has 0 aromatic heterocycles. The summed E-state index contributed by atoms with van der Waals surface area (Å²) in [5.74, 6) is -0.315. The summed E-state index contributed by atoms with van der Waals surface area (Å²) in [6.07, 6.45) is 0. The van der Waals surface area contributed by atoms with E-state index in [1.54, 1.807) is 12.1 Å². The minimum atomic E-state index is -0.315. The zero-order chi connectivity index (χ0) is 13.4. The highest BCUT2D eigenvalue weighted by Gasteiger charge is 2.03. The molecule has 0 atom stereocenters. The molecule has 4 heteroatoms. The van der Waals surface area contributed by atoms with Crippen LogP contribution in [-0.4, -0.2) is 31.1 Å². The van der Waals surface area contributed by atoms with Gasteiger partial charge in [0.2, 0.25) is 0 Å². The van der Waals surface area contributed by atoms with E-state index in [2.05, 4.69) is 24.1 Å². The Balaban J connectivity index is 2.38. The van der Waals surface area contributed by atoms with Crippen LogP contribution in [0.1, 0.15) is 25.0 Å². The summed E-state index contributed by atoms with van der Waals surface area (Å²) in [5, 5.41) is 11.9. The molecule has 18 heavy (non-hydrogen) atoms. The Hall–Kier alpha value is -1.44. The second-order valence-electron chi connectivity index (χ2n) is 4.12. The van der Waals surface area contributed by atoms with Gasteiger partial charge in [-0.25, -0.2) is 4.39 Å². The first-order valence-corrected chi connectivity index (χ1v) is 6.32. The van der Waals surface area contributed by atoms with Crippen LogP contribution in [0.3, 0.4) is 0 Å². The Morgan fingerprint density at radius 3 is 2.61 bits per heavy atom. The number of nitrogens with zero attached hydrogens (tertiary/aromatic N) is 2. The van der Waals surface area contributed by atoms with Gasteiger partial charge in [-0.2, -0.15) is 5.26 Å². The molecule has 0 saturated carbocycles. The number of halogens is 1. The van der Waals surface area contributed by atoms with Gasteiger partial charge in [-0.1, -0.05) is 19.9 Å². The summed E-state index contributed by atoms with van der Waals surface area (Å²) >= 11 is 0. The number of benzene rings is 1. The summed E-state index contributed by atoms with van der Waals surface area (Å²) in [4.78, 5) is 2.31. The van der Waals surface area contributed by atoms with Crippen molar-refractivity contribution in [2.45, 2.75) is 20.4 Å². The summed E-state index contributed by atoms with van der Waals surface area (Å²) in [6, 6.07) is 6.51. The molecule has 0 unspecified atom stereocenters. The molecule has 98 valence electrons. The molecule has 1 aromatic rings. The second-order valence-corrected chi connectivity index (χ2v) is 4.12. The van der Waals surface area contributed by atoms with E-state index in [1.165, 1.54) is 6.07 Å². The standard InChI is InChI=1S/C14H20FN3/c1-3-18(4-2)8-7-17-11-13-6-5-12(10-16)9-14(13)15/h5-6,9,17H,3-4,7-8,11H2,1-2H3. The minimum Gasteiger partial charge on any atom is -0.311 e. The van der Waals surface area contributed by atoms with Gasteiger partial charge >= 0.3 is 0 Å². The fourth-order valence-electron chi connectivity index (χ4n) is 1.76. The lowest BCUT2D eigenvalue weighted by Crippen LogP contribution is -2.31. The van der Waals surface area contributed by atoms with E-state index in [4.69, 9.17) is 5.26 Å². The molecule has 0 fully saturated rings. The van der Waals surface area contributed by atoms with Gasteiger partial charge in [-0.05, 0) is 25.2 Å². The summed E-state index contributed by atoms with van der Waals surface area (Å²) in [5.41, 5.74) is 0.966. The lowest BCUT2D eigenvalue weighted by Gasteiger charge is -2.18. The van der Waals surface area contributed by atoms with Gasteiger partial charge in [-0.3, -0.25) is 0 Å². The van der Waals surface area contributed by atoms with Crippen molar-refractivity contribution in [2.75, 3.05) is 26.2 Å². The minimum absolute atomic E-state index is 0.315. The highest BCUT2D eigenvalue weighted by atomic mass is 19.1. The summed E-state index contributed by atoms with van der Waals surface area (Å²) < 4.78 is 13.6. The summed E-state index contributed by atoms with van der Waals surface area (Å²) in [6.45, 7) is 8.62. The topological polar surface area (TPSA) is 39.1 Å². The molecule has 0 bridgehead atoms. The summed E-state index contributed by atoms with van der Waals surface area (Å²) in [7, 11) is 0. The smallest absolute Gasteiger partial charge is 0.129 e. The van der Waals surface area contributed by atoms with Crippen LogP contribution >= 0.6 is 0 Å². The van der Waals surface area contributed by atoms with Crippen molar-refractivity contribution in [3.63, 3.8) is 0 Å². The lowest BCUT2D eigenvalue weighted by atomic mass is 10.1. The molecule has 3 nitrogen and oxygen atoms in total. The Bertz CT molecular complexity index is 408. The van der Waals surface area contributed by atoms with Crippen LogP contribution < -0.4 is 5.32 Å². The molecule has 0 saturated heterocycles. The molecule has 0 aliphatic heterocycles. The van der Waals surface area contributed by atoms with Crippen molar-refractivity contribution in [3.8, 4) is 6.07 Å². The van der Waals surface area contributed by atoms with Crippen molar-refractivity contribution in [2.24, 2.45) is 0 Å². The van der Waals surface area contributed by atoms with Crippen LogP contribution in [0.15, 0.2) is 18.2 Å². The van der Waals surface area contributed by atoms with Gasteiger partial charge < -0.3 is 10.2 Å². The van der Waals surface area contributed by atoms with E-state index in [9.17, 15) is 4.39 Å². The molecule has 0 aliphatic rings. The van der Waals surface area contributed by atoms with Gasteiger partial charge in [0, 0.05) is 25.2 Å². The normalized spacial score (nSPS) is 10.6. The number of nitriles is 1. The molecular weight excluding hydrogens is 229 g/mol. The van der Waals surface area contributed by atoms with E-state index in [-0.39, 0.29) is 5.82 Å². The molecule has 0 heterocycles. The number of hydrogen-bond acceptors (Lipinski definition) is 3. The number of nitrogens with one attached hydrogen (secondary N) is 1. The number of likely N-dealkylation sites (N-methyl/N-ethyl adjacent to an activating group) is 1. The molecular formula is C14H20FN3. The highest BCUT2D eigenvalue weighted by Crippen LogP contribution is 2.09. The third-order valence-corrected chi connectivity index (χ3v) is 3.00. The van der Waals surface area contributed by atoms with Gasteiger partial charge in [0.05, 0.1) is 11.6 Å². The van der Waals surface area contributed by atoms with E-state index >= 15 is 0 Å². The molecule has 0 aliphatic carbocycles. The van der Waals surface area contributed by atoms with E-state index in [0.29, 0.717) is 17.7 Å². The maximum Gasteiger partial charge on any atom is 0.129 e.